The lowest BCUT2D eigenvalue weighted by molar-refractivity contribution is -0.138. The molecule has 7 amide bonds. The van der Waals surface area contributed by atoms with E-state index in [2.05, 4.69) is 0 Å². The molecule has 0 bridgehead atoms. The van der Waals surface area contributed by atoms with E-state index < -0.39 is 64.3 Å². The van der Waals surface area contributed by atoms with Gasteiger partial charge in [0.05, 0.1) is 6.54 Å². The Labute approximate surface area is 172 Å². The van der Waals surface area contributed by atoms with Gasteiger partial charge in [0.1, 0.15) is 6.04 Å². The van der Waals surface area contributed by atoms with Crippen molar-refractivity contribution < 1.29 is 47.7 Å². The maximum absolute atomic E-state index is 12.0. The number of carbonyl (C=O) groups is 5. The summed E-state index contributed by atoms with van der Waals surface area (Å²) in [5.41, 5.74) is 1.18. The van der Waals surface area contributed by atoms with Gasteiger partial charge in [-0.25, -0.2) is 24.9 Å². The number of urea groups is 2. The van der Waals surface area contributed by atoms with Crippen LogP contribution in [0.5, 0.6) is 11.5 Å². The molecule has 1 aliphatic rings. The lowest BCUT2D eigenvalue weighted by atomic mass is 10.1. The van der Waals surface area contributed by atoms with Crippen LogP contribution in [0.1, 0.15) is 10.4 Å². The second-order valence-electron chi connectivity index (χ2n) is 5.77. The third-order valence-electron chi connectivity index (χ3n) is 3.65. The number of rotatable bonds is 5. The summed E-state index contributed by atoms with van der Waals surface area (Å²) in [7, 11) is -4.78. The van der Waals surface area contributed by atoms with Crippen molar-refractivity contribution in [2.45, 2.75) is 6.04 Å². The predicted octanol–water partition coefficient (Wildman–Crippen LogP) is -2.94. The van der Waals surface area contributed by atoms with E-state index in [0.717, 1.165) is 18.2 Å². The molecular formula is C13H15N7O10S. The van der Waals surface area contributed by atoms with Crippen LogP contribution in [-0.4, -0.2) is 76.2 Å². The van der Waals surface area contributed by atoms with E-state index in [-0.39, 0.29) is 10.6 Å². The van der Waals surface area contributed by atoms with Crippen LogP contribution in [0.15, 0.2) is 18.2 Å². The van der Waals surface area contributed by atoms with Gasteiger partial charge in [-0.1, -0.05) is 0 Å². The van der Waals surface area contributed by atoms with Crippen LogP contribution in [0.25, 0.3) is 0 Å². The lowest BCUT2D eigenvalue weighted by Gasteiger charge is -2.35. The number of hydrogen-bond acceptors (Lipinski definition) is 10. The van der Waals surface area contributed by atoms with E-state index in [9.17, 15) is 42.6 Å². The van der Waals surface area contributed by atoms with Crippen LogP contribution in [-0.2, 0) is 15.0 Å². The number of hydrazine groups is 2. The summed E-state index contributed by atoms with van der Waals surface area (Å²) in [5.74, 6) is 1.84. The molecule has 1 aliphatic heterocycles. The Balaban J connectivity index is 1.89. The maximum Gasteiger partial charge on any atom is 0.405 e. The van der Waals surface area contributed by atoms with E-state index >= 15 is 0 Å². The minimum Gasteiger partial charge on any atom is -0.504 e. The molecule has 168 valence electrons. The molecule has 1 aromatic rings. The largest absolute Gasteiger partial charge is 0.504 e. The zero-order chi connectivity index (χ0) is 23.5. The van der Waals surface area contributed by atoms with E-state index in [1.807, 2.05) is 0 Å². The van der Waals surface area contributed by atoms with Crippen LogP contribution in [0.3, 0.4) is 0 Å². The van der Waals surface area contributed by atoms with Gasteiger partial charge in [-0.2, -0.15) is 13.4 Å². The smallest absolute Gasteiger partial charge is 0.405 e. The second kappa shape index (κ2) is 8.69. The Bertz CT molecular complexity index is 1060. The summed E-state index contributed by atoms with van der Waals surface area (Å²) in [4.78, 5) is 59.4. The first kappa shape index (κ1) is 23.1. The van der Waals surface area contributed by atoms with Gasteiger partial charge in [0, 0.05) is 5.56 Å². The van der Waals surface area contributed by atoms with Gasteiger partial charge >= 0.3 is 28.4 Å². The number of likely N-dealkylation sites (tertiary alicyclic amines) is 1. The van der Waals surface area contributed by atoms with Gasteiger partial charge in [-0.15, -0.1) is 4.83 Å². The van der Waals surface area contributed by atoms with Gasteiger partial charge in [-0.3, -0.25) is 19.9 Å². The summed E-state index contributed by atoms with van der Waals surface area (Å²) in [6, 6.07) is -1.39. The van der Waals surface area contributed by atoms with Gasteiger partial charge in [-0.05, 0) is 18.2 Å². The van der Waals surface area contributed by atoms with Crippen LogP contribution in [0, 0.1) is 0 Å². The standard InChI is InChI=1S/C13H15N7O10S/c14-20(9(23)5-1-2-7(21)8(22)3-5)11(25)16-18-31(29,30)17-12(26)19-4-6(10(19)24)15-13(27)28/h1-3,6,15,18,21-22H,4,14H2,(H,16,25)(H,17,26)(H,27,28)/t6-/m0/s1. The highest BCUT2D eigenvalue weighted by molar-refractivity contribution is 7.88. The fourth-order valence-electron chi connectivity index (χ4n) is 2.12. The van der Waals surface area contributed by atoms with Crippen molar-refractivity contribution in [2.24, 2.45) is 5.84 Å². The third kappa shape index (κ3) is 5.46. The van der Waals surface area contributed by atoms with Crippen molar-refractivity contribution in [1.82, 2.24) is 30.2 Å². The first-order valence-corrected chi connectivity index (χ1v) is 9.36. The van der Waals surface area contributed by atoms with Gasteiger partial charge < -0.3 is 20.6 Å². The van der Waals surface area contributed by atoms with Crippen LogP contribution in [0.2, 0.25) is 0 Å². The fraction of sp³-hybridized carbons (Fsp3) is 0.154. The Morgan fingerprint density at radius 3 is 2.35 bits per heavy atom. The van der Waals surface area contributed by atoms with E-state index in [0.29, 0.717) is 4.90 Å². The van der Waals surface area contributed by atoms with E-state index in [1.54, 1.807) is 5.32 Å². The van der Waals surface area contributed by atoms with Gasteiger partial charge in [0.15, 0.2) is 11.5 Å². The minimum atomic E-state index is -4.78. The van der Waals surface area contributed by atoms with Crippen molar-refractivity contribution >= 4 is 40.2 Å². The molecule has 18 heteroatoms. The number of benzene rings is 1. The number of hydrogen-bond donors (Lipinski definition) is 8. The molecule has 1 heterocycles. The first-order valence-electron chi connectivity index (χ1n) is 7.88. The monoisotopic (exact) mass is 461 g/mol. The minimum absolute atomic E-state index is 0.0721. The third-order valence-corrected chi connectivity index (χ3v) is 4.46. The number of nitrogens with two attached hydrogens (primary N) is 1. The summed E-state index contributed by atoms with van der Waals surface area (Å²) in [6.07, 6.45) is -1.51. The van der Waals surface area contributed by atoms with Crippen LogP contribution < -0.4 is 26.1 Å². The predicted molar refractivity (Wildman–Crippen MR) is 95.9 cm³/mol. The molecule has 31 heavy (non-hydrogen) atoms. The lowest BCUT2D eigenvalue weighted by Crippen LogP contribution is -2.68. The Morgan fingerprint density at radius 2 is 1.81 bits per heavy atom. The molecule has 0 aromatic heterocycles. The number of nitrogens with zero attached hydrogens (tertiary/aromatic N) is 2. The Kier molecular flexibility index (Phi) is 6.48. The Hall–Kier alpha value is -4.16. The van der Waals surface area contributed by atoms with Gasteiger partial charge in [0.2, 0.25) is 0 Å². The SMILES string of the molecule is NN(C(=O)NNS(=O)(=O)NC(=O)N1C[C@H](NC(=O)O)C1=O)C(=O)c1ccc(O)c(O)c1. The first-order chi connectivity index (χ1) is 14.3. The highest BCUT2D eigenvalue weighted by atomic mass is 32.2. The molecule has 0 unspecified atom stereocenters. The molecule has 17 nitrogen and oxygen atoms in total. The van der Waals surface area contributed by atoms with Crippen molar-refractivity contribution in [3.05, 3.63) is 23.8 Å². The molecule has 0 aliphatic carbocycles. The summed E-state index contributed by atoms with van der Waals surface area (Å²) in [6.45, 7) is -0.427. The van der Waals surface area contributed by atoms with Crippen LogP contribution >= 0.6 is 0 Å². The summed E-state index contributed by atoms with van der Waals surface area (Å²) in [5, 5.41) is 28.8. The molecule has 1 saturated heterocycles. The zero-order valence-corrected chi connectivity index (χ0v) is 15.9. The normalized spacial score (nSPS) is 15.5. The zero-order valence-electron chi connectivity index (χ0n) is 15.1. The van der Waals surface area contributed by atoms with Crippen molar-refractivity contribution in [2.75, 3.05) is 6.54 Å². The number of imide groups is 2. The van der Waals surface area contributed by atoms with Crippen molar-refractivity contribution in [3.8, 4) is 11.5 Å². The van der Waals surface area contributed by atoms with Crippen LogP contribution in [0.4, 0.5) is 14.4 Å². The molecule has 2 rings (SSSR count). The number of amides is 7. The second-order valence-corrected chi connectivity index (χ2v) is 7.19. The molecule has 1 atom stereocenters. The number of nitrogens with one attached hydrogen (secondary N) is 4. The number of phenols is 2. The molecular weight excluding hydrogens is 446 g/mol. The van der Waals surface area contributed by atoms with E-state index in [4.69, 9.17) is 10.9 Å². The Morgan fingerprint density at radius 1 is 1.16 bits per heavy atom. The van der Waals surface area contributed by atoms with Crippen molar-refractivity contribution in [1.29, 1.82) is 0 Å². The number of aromatic hydroxyl groups is 2. The quantitative estimate of drug-likeness (QED) is 0.0722. The summed E-state index contributed by atoms with van der Waals surface area (Å²) < 4.78 is 24.9. The fourth-order valence-corrected chi connectivity index (χ4v) is 2.73. The molecule has 0 radical (unpaired) electrons. The molecule has 1 fully saturated rings. The number of carbonyl (C=O) groups excluding carboxylic acids is 4. The van der Waals surface area contributed by atoms with Crippen molar-refractivity contribution in [3.63, 3.8) is 0 Å². The highest BCUT2D eigenvalue weighted by Crippen LogP contribution is 2.25. The van der Waals surface area contributed by atoms with Gasteiger partial charge in [0.25, 0.3) is 11.8 Å². The molecule has 1 aromatic carbocycles. The average Bonchev–Trinajstić information content (AvgIpc) is 2.69. The average molecular weight is 461 g/mol. The number of carboxylic acid groups (broad SMARTS) is 1. The van der Waals surface area contributed by atoms with E-state index in [1.165, 1.54) is 15.0 Å². The maximum atomic E-state index is 12.0. The number of β-lactam (4-membered cyclic amide) rings is 1. The number of phenolic OH excluding ortho intramolecular Hbond substituents is 2. The molecule has 9 N–H and O–H groups in total. The molecule has 0 spiro atoms. The topological polar surface area (TPSA) is 261 Å². The summed E-state index contributed by atoms with van der Waals surface area (Å²) >= 11 is 0. The highest BCUT2D eigenvalue weighted by Gasteiger charge is 2.42. The molecule has 0 saturated carbocycles.